The summed E-state index contributed by atoms with van der Waals surface area (Å²) in [7, 11) is 1.48. The topological polar surface area (TPSA) is 55.4 Å². The maximum Gasteiger partial charge on any atom is 0.292 e. The van der Waals surface area contributed by atoms with Crippen LogP contribution in [0.3, 0.4) is 0 Å². The molecule has 0 saturated carbocycles. The zero-order chi connectivity index (χ0) is 13.9. The molecule has 1 aromatic carbocycles. The lowest BCUT2D eigenvalue weighted by molar-refractivity contribution is -0.118. The molecule has 0 saturated heterocycles. The molecule has 18 heavy (non-hydrogen) atoms. The number of ketones is 1. The van der Waals surface area contributed by atoms with Gasteiger partial charge in [-0.3, -0.25) is 9.59 Å². The van der Waals surface area contributed by atoms with Gasteiger partial charge < -0.3 is 10.1 Å². The van der Waals surface area contributed by atoms with Crippen LogP contribution in [0.25, 0.3) is 0 Å². The van der Waals surface area contributed by atoms with Gasteiger partial charge in [0.2, 0.25) is 5.78 Å². The highest BCUT2D eigenvalue weighted by molar-refractivity contribution is 6.43. The van der Waals surface area contributed by atoms with Crippen molar-refractivity contribution >= 4 is 23.3 Å². The SMILES string of the molecule is COc1ccc(C(=O)C(=O)NC(C)(C)C)cc1Cl. The largest absolute Gasteiger partial charge is 0.495 e. The first-order valence-corrected chi connectivity index (χ1v) is 5.83. The summed E-state index contributed by atoms with van der Waals surface area (Å²) in [5, 5.41) is 2.90. The average molecular weight is 270 g/mol. The second-order valence-corrected chi connectivity index (χ2v) is 5.29. The Morgan fingerprint density at radius 2 is 1.89 bits per heavy atom. The number of carbonyl (C=O) groups is 2. The number of ether oxygens (including phenoxy) is 1. The quantitative estimate of drug-likeness (QED) is 0.677. The number of nitrogens with one attached hydrogen (secondary N) is 1. The highest BCUT2D eigenvalue weighted by Crippen LogP contribution is 2.25. The molecule has 1 N–H and O–H groups in total. The van der Waals surface area contributed by atoms with Crippen molar-refractivity contribution in [1.82, 2.24) is 5.32 Å². The van der Waals surface area contributed by atoms with Crippen LogP contribution in [0.2, 0.25) is 5.02 Å². The Morgan fingerprint density at radius 3 is 2.33 bits per heavy atom. The number of amides is 1. The Labute approximate surface area is 111 Å². The van der Waals surface area contributed by atoms with Crippen LogP contribution in [0, 0.1) is 0 Å². The van der Waals surface area contributed by atoms with E-state index < -0.39 is 17.2 Å². The first kappa shape index (κ1) is 14.5. The second-order valence-electron chi connectivity index (χ2n) is 4.88. The van der Waals surface area contributed by atoms with Gasteiger partial charge in [0.15, 0.2) is 0 Å². The van der Waals surface area contributed by atoms with E-state index in [0.717, 1.165) is 0 Å². The van der Waals surface area contributed by atoms with Crippen molar-refractivity contribution in [3.05, 3.63) is 28.8 Å². The lowest BCUT2D eigenvalue weighted by atomic mass is 10.1. The van der Waals surface area contributed by atoms with Crippen LogP contribution in [0.5, 0.6) is 5.75 Å². The third kappa shape index (κ3) is 3.74. The molecule has 0 fully saturated rings. The molecule has 0 radical (unpaired) electrons. The van der Waals surface area contributed by atoms with Crippen LogP contribution in [0.4, 0.5) is 0 Å². The van der Waals surface area contributed by atoms with Crippen molar-refractivity contribution in [1.29, 1.82) is 0 Å². The van der Waals surface area contributed by atoms with Crippen molar-refractivity contribution in [3.63, 3.8) is 0 Å². The highest BCUT2D eigenvalue weighted by Gasteiger charge is 2.22. The summed E-state index contributed by atoms with van der Waals surface area (Å²) in [6.45, 7) is 5.41. The zero-order valence-electron chi connectivity index (χ0n) is 10.8. The maximum absolute atomic E-state index is 11.9. The lowest BCUT2D eigenvalue weighted by Gasteiger charge is -2.19. The molecule has 0 unspecified atom stereocenters. The molecule has 0 heterocycles. The highest BCUT2D eigenvalue weighted by atomic mass is 35.5. The summed E-state index contributed by atoms with van der Waals surface area (Å²) in [6.07, 6.45) is 0. The van der Waals surface area contributed by atoms with E-state index in [1.165, 1.54) is 19.2 Å². The molecule has 1 amide bonds. The molecular weight excluding hydrogens is 254 g/mol. The van der Waals surface area contributed by atoms with E-state index in [9.17, 15) is 9.59 Å². The minimum Gasteiger partial charge on any atom is -0.495 e. The fourth-order valence-corrected chi connectivity index (χ4v) is 1.59. The minimum atomic E-state index is -0.649. The predicted octanol–water partition coefficient (Wildman–Crippen LogP) is 2.45. The standard InChI is InChI=1S/C13H16ClNO3/c1-13(2,3)15-12(17)11(16)8-5-6-10(18-4)9(14)7-8/h5-7H,1-4H3,(H,15,17). The lowest BCUT2D eigenvalue weighted by Crippen LogP contribution is -2.44. The van der Waals surface area contributed by atoms with Gasteiger partial charge in [0.1, 0.15) is 5.75 Å². The molecule has 0 bridgehead atoms. The van der Waals surface area contributed by atoms with Crippen LogP contribution in [-0.4, -0.2) is 24.3 Å². The molecule has 98 valence electrons. The number of halogens is 1. The predicted molar refractivity (Wildman–Crippen MR) is 70.2 cm³/mol. The van der Waals surface area contributed by atoms with Gasteiger partial charge in [-0.15, -0.1) is 0 Å². The molecule has 4 nitrogen and oxygen atoms in total. The summed E-state index contributed by atoms with van der Waals surface area (Å²) >= 11 is 5.90. The average Bonchev–Trinajstić information content (AvgIpc) is 2.25. The molecule has 1 rings (SSSR count). The van der Waals surface area contributed by atoms with Gasteiger partial charge in [-0.25, -0.2) is 0 Å². The Balaban J connectivity index is 2.91. The first-order valence-electron chi connectivity index (χ1n) is 5.45. The van der Waals surface area contributed by atoms with Crippen molar-refractivity contribution in [2.24, 2.45) is 0 Å². The molecule has 0 aliphatic carbocycles. The number of benzene rings is 1. The number of hydrogen-bond donors (Lipinski definition) is 1. The van der Waals surface area contributed by atoms with E-state index in [1.54, 1.807) is 26.8 Å². The number of Topliss-reactive ketones (excluding diaryl/α,β-unsaturated/α-hetero) is 1. The second kappa shape index (κ2) is 5.40. The summed E-state index contributed by atoms with van der Waals surface area (Å²) in [4.78, 5) is 23.6. The Bertz CT molecular complexity index is 478. The fourth-order valence-electron chi connectivity index (χ4n) is 1.34. The Kier molecular flexibility index (Phi) is 4.35. The first-order chi connectivity index (χ1) is 8.24. The van der Waals surface area contributed by atoms with Gasteiger partial charge in [0.05, 0.1) is 12.1 Å². The molecule has 0 aliphatic heterocycles. The van der Waals surface area contributed by atoms with Crippen LogP contribution >= 0.6 is 11.6 Å². The third-order valence-corrected chi connectivity index (χ3v) is 2.40. The molecule has 0 atom stereocenters. The van der Waals surface area contributed by atoms with E-state index in [-0.39, 0.29) is 5.56 Å². The third-order valence-electron chi connectivity index (χ3n) is 2.11. The van der Waals surface area contributed by atoms with Crippen molar-refractivity contribution < 1.29 is 14.3 Å². The number of rotatable bonds is 3. The summed E-state index contributed by atoms with van der Waals surface area (Å²) in [5.74, 6) is -0.803. The summed E-state index contributed by atoms with van der Waals surface area (Å²) in [6, 6.07) is 4.49. The monoisotopic (exact) mass is 269 g/mol. The van der Waals surface area contributed by atoms with E-state index in [2.05, 4.69) is 5.32 Å². The number of methoxy groups -OCH3 is 1. The maximum atomic E-state index is 11.9. The molecule has 5 heteroatoms. The smallest absolute Gasteiger partial charge is 0.292 e. The van der Waals surface area contributed by atoms with Crippen LogP contribution in [0.15, 0.2) is 18.2 Å². The van der Waals surface area contributed by atoms with Gasteiger partial charge in [-0.2, -0.15) is 0 Å². The van der Waals surface area contributed by atoms with E-state index in [1.807, 2.05) is 0 Å². The molecule has 1 aromatic rings. The van der Waals surface area contributed by atoms with E-state index in [4.69, 9.17) is 16.3 Å². The van der Waals surface area contributed by atoms with E-state index >= 15 is 0 Å². The number of hydrogen-bond acceptors (Lipinski definition) is 3. The molecular formula is C13H16ClNO3. The van der Waals surface area contributed by atoms with Gasteiger partial charge in [0.25, 0.3) is 5.91 Å². The van der Waals surface area contributed by atoms with Gasteiger partial charge >= 0.3 is 0 Å². The van der Waals surface area contributed by atoms with Gasteiger partial charge in [-0.1, -0.05) is 11.6 Å². The Hall–Kier alpha value is -1.55. The summed E-state index contributed by atoms with van der Waals surface area (Å²) < 4.78 is 4.98. The summed E-state index contributed by atoms with van der Waals surface area (Å²) in [5.41, 5.74) is -0.217. The minimum absolute atomic E-state index is 0.238. The molecule has 0 spiro atoms. The van der Waals surface area contributed by atoms with Crippen molar-refractivity contribution in [3.8, 4) is 5.75 Å². The van der Waals surface area contributed by atoms with Crippen molar-refractivity contribution in [2.45, 2.75) is 26.3 Å². The fraction of sp³-hybridized carbons (Fsp3) is 0.385. The van der Waals surface area contributed by atoms with Gasteiger partial charge in [-0.05, 0) is 39.0 Å². The number of carbonyl (C=O) groups excluding carboxylic acids is 2. The zero-order valence-corrected chi connectivity index (χ0v) is 11.6. The molecule has 0 aromatic heterocycles. The van der Waals surface area contributed by atoms with E-state index in [0.29, 0.717) is 10.8 Å². The van der Waals surface area contributed by atoms with Crippen LogP contribution in [0.1, 0.15) is 31.1 Å². The Morgan fingerprint density at radius 1 is 1.28 bits per heavy atom. The molecule has 0 aliphatic rings. The normalized spacial score (nSPS) is 10.9. The van der Waals surface area contributed by atoms with Crippen LogP contribution in [-0.2, 0) is 4.79 Å². The van der Waals surface area contributed by atoms with Crippen molar-refractivity contribution in [2.75, 3.05) is 7.11 Å². The van der Waals surface area contributed by atoms with Crippen LogP contribution < -0.4 is 10.1 Å². The van der Waals surface area contributed by atoms with Gasteiger partial charge in [0, 0.05) is 11.1 Å².